The highest BCUT2D eigenvalue weighted by Gasteiger charge is 2.21. The molecule has 1 aliphatic heterocycles. The van der Waals surface area contributed by atoms with E-state index < -0.39 is 0 Å². The summed E-state index contributed by atoms with van der Waals surface area (Å²) < 4.78 is 0. The molecule has 0 aromatic heterocycles. The molecule has 3 rings (SSSR count). The summed E-state index contributed by atoms with van der Waals surface area (Å²) in [6.07, 6.45) is 9.65. The van der Waals surface area contributed by atoms with Crippen molar-refractivity contribution in [1.82, 2.24) is 5.32 Å². The maximum absolute atomic E-state index is 3.62. The normalized spacial score (nSPS) is 25.5. The summed E-state index contributed by atoms with van der Waals surface area (Å²) in [5.41, 5.74) is 3.26. The van der Waals surface area contributed by atoms with Crippen LogP contribution in [0.4, 0.5) is 0 Å². The second-order valence-corrected chi connectivity index (χ2v) is 5.68. The van der Waals surface area contributed by atoms with Gasteiger partial charge in [-0.3, -0.25) is 0 Å². The molecule has 0 bridgehead atoms. The molecule has 0 amide bonds. The summed E-state index contributed by atoms with van der Waals surface area (Å²) in [6.45, 7) is 1.22. The molecule has 1 saturated heterocycles. The molecule has 1 saturated carbocycles. The van der Waals surface area contributed by atoms with Crippen LogP contribution in [0.15, 0.2) is 24.3 Å². The second-order valence-electron chi connectivity index (χ2n) is 5.68. The first kappa shape index (κ1) is 11.3. The third kappa shape index (κ3) is 2.55. The van der Waals surface area contributed by atoms with Gasteiger partial charge in [-0.25, -0.2) is 0 Å². The van der Waals surface area contributed by atoms with Gasteiger partial charge in [0.2, 0.25) is 0 Å². The van der Waals surface area contributed by atoms with Crippen LogP contribution in [0.2, 0.25) is 0 Å². The van der Waals surface area contributed by atoms with E-state index in [1.165, 1.54) is 51.5 Å². The van der Waals surface area contributed by atoms with Crippen molar-refractivity contribution in [3.05, 3.63) is 35.4 Å². The smallest absolute Gasteiger partial charge is 0.0108 e. The first-order valence-corrected chi connectivity index (χ1v) is 7.24. The molecule has 0 spiro atoms. The zero-order chi connectivity index (χ0) is 11.5. The molecule has 1 N–H and O–H groups in total. The Balaban J connectivity index is 1.77. The van der Waals surface area contributed by atoms with E-state index in [0.29, 0.717) is 0 Å². The quantitative estimate of drug-likeness (QED) is 0.834. The summed E-state index contributed by atoms with van der Waals surface area (Å²) in [6, 6.07) is 9.90. The molecule has 17 heavy (non-hydrogen) atoms. The van der Waals surface area contributed by atoms with Crippen LogP contribution in [0.5, 0.6) is 0 Å². The van der Waals surface area contributed by atoms with Gasteiger partial charge in [0.15, 0.2) is 0 Å². The fourth-order valence-electron chi connectivity index (χ4n) is 3.55. The van der Waals surface area contributed by atoms with E-state index in [1.807, 2.05) is 0 Å². The van der Waals surface area contributed by atoms with E-state index in [2.05, 4.69) is 29.6 Å². The van der Waals surface area contributed by atoms with Gasteiger partial charge < -0.3 is 5.32 Å². The summed E-state index contributed by atoms with van der Waals surface area (Å²) >= 11 is 0. The Hall–Kier alpha value is -0.820. The van der Waals surface area contributed by atoms with Crippen molar-refractivity contribution in [2.45, 2.75) is 56.9 Å². The molecule has 1 aliphatic carbocycles. The molecule has 1 heteroatoms. The molecule has 1 atom stereocenters. The highest BCUT2D eigenvalue weighted by Crippen LogP contribution is 2.36. The van der Waals surface area contributed by atoms with Crippen LogP contribution >= 0.6 is 0 Å². The number of nitrogens with one attached hydrogen (secondary N) is 1. The van der Waals surface area contributed by atoms with Crippen LogP contribution in [-0.2, 0) is 6.42 Å². The Labute approximate surface area is 105 Å². The summed E-state index contributed by atoms with van der Waals surface area (Å²) in [5.74, 6) is 0.854. The van der Waals surface area contributed by atoms with Crippen LogP contribution in [0.25, 0.3) is 0 Å². The SMILES string of the molecule is c1ccc(C2CCCC2)c(CC2CCCN2)c1. The van der Waals surface area contributed by atoms with Crippen molar-refractivity contribution in [1.29, 1.82) is 0 Å². The maximum Gasteiger partial charge on any atom is 0.0108 e. The maximum atomic E-state index is 3.62. The third-order valence-corrected chi connectivity index (χ3v) is 4.48. The van der Waals surface area contributed by atoms with Crippen LogP contribution in [-0.4, -0.2) is 12.6 Å². The number of rotatable bonds is 3. The number of hydrogen-bond acceptors (Lipinski definition) is 1. The first-order valence-electron chi connectivity index (χ1n) is 7.24. The summed E-state index contributed by atoms with van der Waals surface area (Å²) in [5, 5.41) is 3.62. The van der Waals surface area contributed by atoms with Gasteiger partial charge in [-0.15, -0.1) is 0 Å². The number of hydrogen-bond donors (Lipinski definition) is 1. The highest BCUT2D eigenvalue weighted by atomic mass is 14.9. The molecule has 2 fully saturated rings. The van der Waals surface area contributed by atoms with E-state index >= 15 is 0 Å². The van der Waals surface area contributed by atoms with Gasteiger partial charge >= 0.3 is 0 Å². The predicted molar refractivity (Wildman–Crippen MR) is 72.4 cm³/mol. The van der Waals surface area contributed by atoms with Crippen molar-refractivity contribution in [3.8, 4) is 0 Å². The molecular formula is C16H23N. The fraction of sp³-hybridized carbons (Fsp3) is 0.625. The lowest BCUT2D eigenvalue weighted by atomic mass is 9.90. The van der Waals surface area contributed by atoms with Gasteiger partial charge in [0.25, 0.3) is 0 Å². The van der Waals surface area contributed by atoms with E-state index in [-0.39, 0.29) is 0 Å². The Bertz CT molecular complexity index is 360. The predicted octanol–water partition coefficient (Wildman–Crippen LogP) is 3.64. The third-order valence-electron chi connectivity index (χ3n) is 4.48. The van der Waals surface area contributed by atoms with E-state index in [4.69, 9.17) is 0 Å². The van der Waals surface area contributed by atoms with Gasteiger partial charge in [-0.05, 0) is 55.7 Å². The Morgan fingerprint density at radius 2 is 1.82 bits per heavy atom. The minimum atomic E-state index is 0.734. The monoisotopic (exact) mass is 229 g/mol. The Kier molecular flexibility index (Phi) is 3.46. The standard InChI is InChI=1S/C16H23N/c1-2-7-13(6-1)16-10-4-3-8-14(16)12-15-9-5-11-17-15/h3-4,8,10,13,15,17H,1-2,5-7,9,11-12H2. The topological polar surface area (TPSA) is 12.0 Å². The molecular weight excluding hydrogens is 206 g/mol. The van der Waals surface area contributed by atoms with Crippen molar-refractivity contribution in [2.75, 3.05) is 6.54 Å². The van der Waals surface area contributed by atoms with Gasteiger partial charge in [0.05, 0.1) is 0 Å². The van der Waals surface area contributed by atoms with Crippen molar-refractivity contribution < 1.29 is 0 Å². The van der Waals surface area contributed by atoms with Crippen LogP contribution in [0.1, 0.15) is 55.6 Å². The number of benzene rings is 1. The average Bonchev–Trinajstić information content (AvgIpc) is 3.01. The van der Waals surface area contributed by atoms with Crippen LogP contribution < -0.4 is 5.32 Å². The molecule has 1 aromatic rings. The van der Waals surface area contributed by atoms with E-state index in [9.17, 15) is 0 Å². The lowest BCUT2D eigenvalue weighted by molar-refractivity contribution is 0.594. The van der Waals surface area contributed by atoms with Crippen LogP contribution in [0.3, 0.4) is 0 Å². The van der Waals surface area contributed by atoms with Crippen molar-refractivity contribution in [2.24, 2.45) is 0 Å². The van der Waals surface area contributed by atoms with E-state index in [0.717, 1.165) is 12.0 Å². The minimum absolute atomic E-state index is 0.734. The Morgan fingerprint density at radius 3 is 2.59 bits per heavy atom. The molecule has 1 unspecified atom stereocenters. The largest absolute Gasteiger partial charge is 0.314 e. The minimum Gasteiger partial charge on any atom is -0.314 e. The van der Waals surface area contributed by atoms with Gasteiger partial charge in [0.1, 0.15) is 0 Å². The molecule has 1 nitrogen and oxygen atoms in total. The van der Waals surface area contributed by atoms with Gasteiger partial charge in [-0.2, -0.15) is 0 Å². The fourth-order valence-corrected chi connectivity index (χ4v) is 3.55. The second kappa shape index (κ2) is 5.22. The Morgan fingerprint density at radius 1 is 1.00 bits per heavy atom. The lowest BCUT2D eigenvalue weighted by Crippen LogP contribution is -2.24. The molecule has 0 radical (unpaired) electrons. The van der Waals surface area contributed by atoms with E-state index in [1.54, 1.807) is 11.1 Å². The van der Waals surface area contributed by atoms with Crippen LogP contribution in [0, 0.1) is 0 Å². The highest BCUT2D eigenvalue weighted by molar-refractivity contribution is 5.32. The lowest BCUT2D eigenvalue weighted by Gasteiger charge is -2.18. The first-order chi connectivity index (χ1) is 8.43. The summed E-state index contributed by atoms with van der Waals surface area (Å²) in [7, 11) is 0. The molecule has 1 heterocycles. The molecule has 1 aromatic carbocycles. The van der Waals surface area contributed by atoms with Crippen molar-refractivity contribution >= 4 is 0 Å². The summed E-state index contributed by atoms with van der Waals surface area (Å²) in [4.78, 5) is 0. The zero-order valence-electron chi connectivity index (χ0n) is 10.6. The van der Waals surface area contributed by atoms with Gasteiger partial charge in [-0.1, -0.05) is 37.1 Å². The molecule has 92 valence electrons. The average molecular weight is 229 g/mol. The van der Waals surface area contributed by atoms with Gasteiger partial charge in [0, 0.05) is 6.04 Å². The zero-order valence-corrected chi connectivity index (χ0v) is 10.6. The van der Waals surface area contributed by atoms with Crippen molar-refractivity contribution in [3.63, 3.8) is 0 Å². The molecule has 2 aliphatic rings.